The van der Waals surface area contributed by atoms with Gasteiger partial charge in [-0.15, -0.1) is 0 Å². The number of nitrogens with one attached hydrogen (secondary N) is 1. The lowest BCUT2D eigenvalue weighted by molar-refractivity contribution is -0.307. The number of ether oxygens (including phenoxy) is 9. The van der Waals surface area contributed by atoms with Gasteiger partial charge >= 0.3 is 11.9 Å². The fourth-order valence-corrected chi connectivity index (χ4v) is 15.5. The number of carbonyl (C=O) groups excluding carboxylic acids is 3. The number of carbonyl (C=O) groups is 3. The fourth-order valence-electron chi connectivity index (χ4n) is 15.5. The Labute approximate surface area is 566 Å². The molecule has 19 heteroatoms. The molecule has 5 fully saturated rings. The molecular weight excluding hydrogens is 1200 g/mol. The van der Waals surface area contributed by atoms with E-state index in [1.54, 1.807) is 55.0 Å². The standard InChI is InChI=1S/C43H65NO10.C28H52N2O6.2C2H6/c1-13-34-43(10,48)39(51-20-16-17-31-21-32-18-14-15-19-33(32)44-24-31)27(4)36(45)25(2)22-41(8,49-11)29(6)26(3)37(28(5)40(47)53-34)54-35-23-42(9,50-12)38(46)30(7)52-35;1-10-22-27(8,33)24(31)21(6)30(9)16-17(2)15-26(7)20(5)18(3)23(19(4)25(32)34-22)35-28(36-26)11-13-29-14-12-28;2*1-2/h14-19,21,24-30,34-35,37-39,46,48H,13,20,22-23H2,1-12H3;17-24,29,31,33H,10-16H2,1-9H3;2*1-2H3/b17-16+;;;/t25-,26-,27+,28-,29-,30+,34-,35+,37+,38+,39-,41-,42-,43-;17-,18-,19-,20-,21-,22-,23+,24-,26+,27-;;/m11../s1. The van der Waals surface area contributed by atoms with Crippen LogP contribution in [0.4, 0.5) is 0 Å². The minimum atomic E-state index is -1.75. The number of para-hydroxylation sites is 1. The maximum absolute atomic E-state index is 14.3. The van der Waals surface area contributed by atoms with Gasteiger partial charge in [-0.25, -0.2) is 0 Å². The lowest BCUT2D eigenvalue weighted by atomic mass is 9.70. The van der Waals surface area contributed by atoms with Crippen molar-refractivity contribution >= 4 is 34.7 Å². The minimum absolute atomic E-state index is 0.0481. The van der Waals surface area contributed by atoms with E-state index < -0.39 is 118 Å². The zero-order chi connectivity index (χ0) is 71.2. The smallest absolute Gasteiger partial charge is 0.311 e. The van der Waals surface area contributed by atoms with E-state index in [0.717, 1.165) is 55.4 Å². The Balaban J connectivity index is 0.000000408. The predicted octanol–water partition coefficient (Wildman–Crippen LogP) is 11.5. The largest absolute Gasteiger partial charge is 0.459 e. The highest BCUT2D eigenvalue weighted by molar-refractivity contribution is 5.84. The van der Waals surface area contributed by atoms with Crippen molar-refractivity contribution in [1.82, 2.24) is 15.2 Å². The number of nitrogens with zero attached hydrogens (tertiary/aromatic N) is 2. The molecule has 0 amide bonds. The van der Waals surface area contributed by atoms with Crippen molar-refractivity contribution in [2.24, 2.45) is 53.3 Å². The van der Waals surface area contributed by atoms with E-state index in [1.165, 1.54) is 0 Å². The number of likely N-dealkylation sites (N-methyl/N-ethyl adjacent to an activating group) is 1. The van der Waals surface area contributed by atoms with Crippen molar-refractivity contribution in [3.05, 3.63) is 48.2 Å². The summed E-state index contributed by atoms with van der Waals surface area (Å²) in [6.07, 6.45) is 1.74. The highest BCUT2D eigenvalue weighted by Crippen LogP contribution is 2.49. The lowest BCUT2D eigenvalue weighted by Gasteiger charge is -2.48. The van der Waals surface area contributed by atoms with Crippen LogP contribution in [0.2, 0.25) is 0 Å². The van der Waals surface area contributed by atoms with Crippen LogP contribution >= 0.6 is 0 Å². The molecule has 7 rings (SSSR count). The molecular formula is C75H129N3O16. The number of hydrogen-bond acceptors (Lipinski definition) is 19. The highest BCUT2D eigenvalue weighted by Gasteiger charge is 2.56. The van der Waals surface area contributed by atoms with Gasteiger partial charge in [-0.1, -0.05) is 120 Å². The van der Waals surface area contributed by atoms with Crippen LogP contribution in [-0.2, 0) is 57.0 Å². The second-order valence-electron chi connectivity index (χ2n) is 29.1. The van der Waals surface area contributed by atoms with E-state index in [1.807, 2.05) is 140 Å². The molecule has 1 aromatic heterocycles. The van der Waals surface area contributed by atoms with Gasteiger partial charge in [-0.05, 0) is 142 Å². The van der Waals surface area contributed by atoms with Gasteiger partial charge in [0.2, 0.25) is 0 Å². The van der Waals surface area contributed by atoms with Crippen LogP contribution in [0, 0.1) is 53.3 Å². The number of methoxy groups -OCH3 is 2. The fraction of sp³-hybridized carbons (Fsp3) is 0.813. The van der Waals surface area contributed by atoms with Gasteiger partial charge in [0.1, 0.15) is 41.4 Å². The van der Waals surface area contributed by atoms with E-state index in [0.29, 0.717) is 12.8 Å². The number of Topliss-reactive ketones (excluding diaryl/α,β-unsaturated/α-hetero) is 1. The van der Waals surface area contributed by atoms with Crippen LogP contribution in [0.15, 0.2) is 42.6 Å². The molecule has 0 radical (unpaired) electrons. The molecule has 6 heterocycles. The Bertz CT molecular complexity index is 2690. The Kier molecular flexibility index (Phi) is 31.3. The van der Waals surface area contributed by atoms with E-state index in [9.17, 15) is 34.8 Å². The molecule has 2 bridgehead atoms. The van der Waals surface area contributed by atoms with Crippen LogP contribution < -0.4 is 5.32 Å². The molecule has 5 saturated heterocycles. The van der Waals surface area contributed by atoms with Crippen LogP contribution in [0.3, 0.4) is 0 Å². The van der Waals surface area contributed by atoms with Gasteiger partial charge < -0.3 is 73.3 Å². The Morgan fingerprint density at radius 3 is 1.88 bits per heavy atom. The van der Waals surface area contributed by atoms with Gasteiger partial charge in [0, 0.05) is 82.6 Å². The zero-order valence-corrected chi connectivity index (χ0v) is 62.4. The number of ketones is 1. The molecule has 1 spiro atoms. The van der Waals surface area contributed by atoms with Crippen molar-refractivity contribution in [2.75, 3.05) is 47.5 Å². The molecule has 19 nitrogen and oxygen atoms in total. The first-order chi connectivity index (χ1) is 44.0. The molecule has 24 atom stereocenters. The molecule has 94 heavy (non-hydrogen) atoms. The first kappa shape index (κ1) is 82.9. The maximum atomic E-state index is 14.3. The van der Waals surface area contributed by atoms with Gasteiger partial charge in [0.25, 0.3) is 0 Å². The number of pyridine rings is 1. The van der Waals surface area contributed by atoms with Gasteiger partial charge in [0.15, 0.2) is 12.1 Å². The third-order valence-corrected chi connectivity index (χ3v) is 22.3. The van der Waals surface area contributed by atoms with E-state index in [-0.39, 0.29) is 67.0 Å². The Morgan fingerprint density at radius 1 is 0.723 bits per heavy atom. The first-order valence-electron chi connectivity index (χ1n) is 35.6. The number of aliphatic hydroxyl groups excluding tert-OH is 2. The zero-order valence-electron chi connectivity index (χ0n) is 62.4. The molecule has 0 saturated carbocycles. The molecule has 1 aromatic carbocycles. The summed E-state index contributed by atoms with van der Waals surface area (Å²) in [6, 6.07) is 9.57. The Hall–Kier alpha value is -3.54. The monoisotopic (exact) mass is 1330 g/mol. The SMILES string of the molecule is CC.CC.CC[C@H]1OC(=O)[C@H](C)[C@@H](O[C@H]2C[C@@](C)(OC)[C@@H](O)[C@H](C)O2)[C@H](C)[C@@H](C)[C@](C)(OC)C[C@@H](C)C(=O)[C@H](C)[C@@H](OC/C=C/c2cnc3ccccc3c2)[C@]1(C)O.CC[C@H]1OC(=O)[C@H](C)[C@H]2OC3(CCNCC3)O[C@@](C)(C[C@@H](C)CN(C)[C@H](C)[C@@H](O)[C@]1(C)O)[C@H](C)[C@H]2C. The third-order valence-electron chi connectivity index (χ3n) is 22.3. The summed E-state index contributed by atoms with van der Waals surface area (Å²) in [5, 5.41) is 50.2. The lowest BCUT2D eigenvalue weighted by Crippen LogP contribution is -2.59. The van der Waals surface area contributed by atoms with E-state index >= 15 is 0 Å². The summed E-state index contributed by atoms with van der Waals surface area (Å²) in [7, 11) is 5.16. The molecule has 0 aliphatic carbocycles. The number of rotatable bonds is 10. The third kappa shape index (κ3) is 19.3. The van der Waals surface area contributed by atoms with Crippen LogP contribution in [0.5, 0.6) is 0 Å². The second-order valence-corrected chi connectivity index (χ2v) is 29.1. The number of aliphatic hydroxyl groups is 4. The number of cyclic esters (lactones) is 2. The summed E-state index contributed by atoms with van der Waals surface area (Å²) >= 11 is 0. The molecule has 5 aliphatic rings. The normalized spacial score (nSPS) is 41.6. The molecule has 5 aliphatic heterocycles. The predicted molar refractivity (Wildman–Crippen MR) is 369 cm³/mol. The molecule has 5 N–H and O–H groups in total. The summed E-state index contributed by atoms with van der Waals surface area (Å²) in [5.41, 5.74) is -3.75. The summed E-state index contributed by atoms with van der Waals surface area (Å²) in [4.78, 5) is 48.7. The van der Waals surface area contributed by atoms with Crippen molar-refractivity contribution in [2.45, 2.75) is 292 Å². The second kappa shape index (κ2) is 35.5. The molecule has 2 aromatic rings. The molecule has 540 valence electrons. The Morgan fingerprint density at radius 2 is 1.30 bits per heavy atom. The topological polar surface area (TPSA) is 243 Å². The average molecular weight is 1330 g/mol. The van der Waals surface area contributed by atoms with Crippen LogP contribution in [0.1, 0.15) is 203 Å². The number of benzene rings is 1. The average Bonchev–Trinajstić information content (AvgIpc) is 1.50. The van der Waals surface area contributed by atoms with Crippen LogP contribution in [0.25, 0.3) is 17.0 Å². The van der Waals surface area contributed by atoms with E-state index in [4.69, 9.17) is 42.6 Å². The number of hydrogen-bond donors (Lipinski definition) is 5. The summed E-state index contributed by atoms with van der Waals surface area (Å²) in [5.74, 6) is -4.41. The quantitative estimate of drug-likeness (QED) is 0.139. The van der Waals surface area contributed by atoms with Gasteiger partial charge in [0.05, 0.1) is 65.2 Å². The van der Waals surface area contributed by atoms with Crippen LogP contribution in [-0.4, -0.2) is 190 Å². The number of esters is 2. The van der Waals surface area contributed by atoms with Crippen molar-refractivity contribution in [1.29, 1.82) is 0 Å². The minimum Gasteiger partial charge on any atom is -0.459 e. The number of aromatic nitrogens is 1. The van der Waals surface area contributed by atoms with E-state index in [2.05, 4.69) is 42.9 Å². The van der Waals surface area contributed by atoms with Crippen molar-refractivity contribution in [3.8, 4) is 0 Å². The summed E-state index contributed by atoms with van der Waals surface area (Å²) < 4.78 is 57.2. The first-order valence-corrected chi connectivity index (χ1v) is 35.6. The van der Waals surface area contributed by atoms with Crippen molar-refractivity contribution < 1.29 is 77.4 Å². The molecule has 0 unspecified atom stereocenters. The number of fused-ring (bicyclic) bond motifs is 4. The number of piperidine rings is 1. The van der Waals surface area contributed by atoms with Gasteiger partial charge in [-0.3, -0.25) is 19.4 Å². The van der Waals surface area contributed by atoms with Gasteiger partial charge in [-0.2, -0.15) is 0 Å². The maximum Gasteiger partial charge on any atom is 0.311 e. The van der Waals surface area contributed by atoms with Crippen molar-refractivity contribution in [3.63, 3.8) is 0 Å². The highest BCUT2D eigenvalue weighted by atomic mass is 16.7. The summed E-state index contributed by atoms with van der Waals surface area (Å²) in [6.45, 7) is 44.9.